The molecule has 0 atom stereocenters. The molecule has 4 bridgehead atoms. The number of furan rings is 1. The standard InChI is InChI=1S/C46H39NO/c1-2-7-32(8-3-1)33-13-15-34(16-14-33)35-17-19-39(20-18-35)47(41-21-22-43-42-11-4-5-12-44(42)48-45(43)29-41)40-10-6-9-36(28-40)46-37-24-30-23-31(26-37)27-38(46)25-30/h1-22,28-31,37-38,46H,23-27H2. The number of nitrogens with zero attached hydrogens (tertiary/aromatic N) is 1. The molecule has 0 N–H and O–H groups in total. The van der Waals surface area contributed by atoms with Crippen LogP contribution in [0.3, 0.4) is 0 Å². The second-order valence-corrected chi connectivity index (χ2v) is 14.7. The lowest BCUT2D eigenvalue weighted by molar-refractivity contribution is -0.00276. The molecule has 11 rings (SSSR count). The van der Waals surface area contributed by atoms with Crippen LogP contribution in [0.5, 0.6) is 0 Å². The zero-order valence-corrected chi connectivity index (χ0v) is 27.1. The summed E-state index contributed by atoms with van der Waals surface area (Å²) < 4.78 is 6.39. The van der Waals surface area contributed by atoms with Crippen molar-refractivity contribution in [3.63, 3.8) is 0 Å². The summed E-state index contributed by atoms with van der Waals surface area (Å²) in [6.07, 6.45) is 7.22. The summed E-state index contributed by atoms with van der Waals surface area (Å²) in [4.78, 5) is 2.43. The third-order valence-corrected chi connectivity index (χ3v) is 11.8. The Morgan fingerprint density at radius 2 is 0.979 bits per heavy atom. The Labute approximate surface area is 282 Å². The minimum atomic E-state index is 0.693. The number of rotatable bonds is 6. The minimum absolute atomic E-state index is 0.693. The SMILES string of the molecule is c1ccc(-c2ccc(-c3ccc(N(c4cccc(C5C6CC7CC(C6)CC5C7)c4)c4ccc5c(c4)oc4ccccc45)cc3)cc2)cc1. The van der Waals surface area contributed by atoms with Crippen LogP contribution in [0.15, 0.2) is 150 Å². The van der Waals surface area contributed by atoms with Crippen molar-refractivity contribution in [2.75, 3.05) is 4.90 Å². The second kappa shape index (κ2) is 11.3. The van der Waals surface area contributed by atoms with Gasteiger partial charge in [-0.3, -0.25) is 0 Å². The average Bonchev–Trinajstić information content (AvgIpc) is 3.50. The van der Waals surface area contributed by atoms with E-state index >= 15 is 0 Å². The molecule has 48 heavy (non-hydrogen) atoms. The van der Waals surface area contributed by atoms with Crippen molar-refractivity contribution >= 4 is 39.0 Å². The first-order valence-corrected chi connectivity index (χ1v) is 17.8. The average molecular weight is 622 g/mol. The Morgan fingerprint density at radius 3 is 1.69 bits per heavy atom. The molecule has 2 heteroatoms. The van der Waals surface area contributed by atoms with Gasteiger partial charge in [0.15, 0.2) is 0 Å². The van der Waals surface area contributed by atoms with E-state index in [9.17, 15) is 0 Å². The van der Waals surface area contributed by atoms with Crippen LogP contribution in [0.4, 0.5) is 17.1 Å². The molecule has 7 aromatic rings. The molecule has 4 fully saturated rings. The van der Waals surface area contributed by atoms with Crippen LogP contribution >= 0.6 is 0 Å². The summed E-state index contributed by atoms with van der Waals surface area (Å²) >= 11 is 0. The highest BCUT2D eigenvalue weighted by molar-refractivity contribution is 6.06. The van der Waals surface area contributed by atoms with Gasteiger partial charge in [-0.25, -0.2) is 0 Å². The van der Waals surface area contributed by atoms with E-state index in [0.29, 0.717) is 5.92 Å². The van der Waals surface area contributed by atoms with Gasteiger partial charge in [-0.05, 0) is 132 Å². The van der Waals surface area contributed by atoms with Crippen LogP contribution in [0, 0.1) is 23.7 Å². The molecule has 1 aromatic heterocycles. The van der Waals surface area contributed by atoms with E-state index in [1.54, 1.807) is 0 Å². The van der Waals surface area contributed by atoms with Gasteiger partial charge in [0.1, 0.15) is 11.2 Å². The van der Waals surface area contributed by atoms with Gasteiger partial charge < -0.3 is 9.32 Å². The van der Waals surface area contributed by atoms with Crippen molar-refractivity contribution in [3.05, 3.63) is 151 Å². The Bertz CT molecular complexity index is 2220. The monoisotopic (exact) mass is 621 g/mol. The molecular formula is C46H39NO. The maximum atomic E-state index is 6.39. The Hall–Kier alpha value is -5.08. The lowest BCUT2D eigenvalue weighted by Crippen LogP contribution is -2.43. The van der Waals surface area contributed by atoms with Gasteiger partial charge in [0, 0.05) is 33.9 Å². The van der Waals surface area contributed by atoms with E-state index in [1.807, 2.05) is 6.07 Å². The highest BCUT2D eigenvalue weighted by Crippen LogP contribution is 2.60. The van der Waals surface area contributed by atoms with Crippen LogP contribution < -0.4 is 4.90 Å². The van der Waals surface area contributed by atoms with Crippen LogP contribution in [-0.2, 0) is 0 Å². The van der Waals surface area contributed by atoms with Gasteiger partial charge in [0.05, 0.1) is 0 Å². The van der Waals surface area contributed by atoms with Gasteiger partial charge in [-0.2, -0.15) is 0 Å². The van der Waals surface area contributed by atoms with E-state index in [4.69, 9.17) is 4.42 Å². The zero-order chi connectivity index (χ0) is 31.6. The van der Waals surface area contributed by atoms with Crippen molar-refractivity contribution in [2.24, 2.45) is 23.7 Å². The van der Waals surface area contributed by atoms with Gasteiger partial charge in [-0.15, -0.1) is 0 Å². The molecule has 234 valence electrons. The molecule has 4 aliphatic carbocycles. The molecule has 4 saturated carbocycles. The molecule has 0 spiro atoms. The third kappa shape index (κ3) is 4.77. The second-order valence-electron chi connectivity index (χ2n) is 14.7. The first-order chi connectivity index (χ1) is 23.7. The number of fused-ring (bicyclic) bond motifs is 3. The van der Waals surface area contributed by atoms with E-state index in [2.05, 4.69) is 144 Å². The number of para-hydroxylation sites is 1. The highest BCUT2D eigenvalue weighted by atomic mass is 16.3. The minimum Gasteiger partial charge on any atom is -0.456 e. The van der Waals surface area contributed by atoms with Gasteiger partial charge in [0.25, 0.3) is 0 Å². The topological polar surface area (TPSA) is 16.4 Å². The van der Waals surface area contributed by atoms with Crippen molar-refractivity contribution in [2.45, 2.75) is 38.0 Å². The molecule has 1 heterocycles. The smallest absolute Gasteiger partial charge is 0.137 e. The normalized spacial score (nSPS) is 22.8. The van der Waals surface area contributed by atoms with Crippen LogP contribution in [0.1, 0.15) is 43.6 Å². The van der Waals surface area contributed by atoms with Gasteiger partial charge in [0.2, 0.25) is 0 Å². The summed E-state index contributed by atoms with van der Waals surface area (Å²) in [7, 11) is 0. The maximum Gasteiger partial charge on any atom is 0.137 e. The largest absolute Gasteiger partial charge is 0.456 e. The fourth-order valence-corrected chi connectivity index (χ4v) is 9.93. The van der Waals surface area contributed by atoms with E-state index < -0.39 is 0 Å². The fourth-order valence-electron chi connectivity index (χ4n) is 9.93. The molecular weight excluding hydrogens is 583 g/mol. The summed E-state index contributed by atoms with van der Waals surface area (Å²) in [6, 6.07) is 53.2. The summed E-state index contributed by atoms with van der Waals surface area (Å²) in [5.74, 6) is 4.35. The first kappa shape index (κ1) is 28.0. The third-order valence-electron chi connectivity index (χ3n) is 11.8. The van der Waals surface area contributed by atoms with E-state index in [0.717, 1.165) is 57.0 Å². The number of hydrogen-bond donors (Lipinski definition) is 0. The van der Waals surface area contributed by atoms with Crippen molar-refractivity contribution in [1.29, 1.82) is 0 Å². The molecule has 0 unspecified atom stereocenters. The predicted octanol–water partition coefficient (Wildman–Crippen LogP) is 12.9. The Balaban J connectivity index is 1.04. The molecule has 0 amide bonds. The fraction of sp³-hybridized carbons (Fsp3) is 0.217. The van der Waals surface area contributed by atoms with E-state index in [1.165, 1.54) is 65.6 Å². The quantitative estimate of drug-likeness (QED) is 0.184. The van der Waals surface area contributed by atoms with Crippen LogP contribution in [-0.4, -0.2) is 0 Å². The summed E-state index contributed by atoms with van der Waals surface area (Å²) in [6.45, 7) is 0. The molecule has 4 aliphatic rings. The number of anilines is 3. The van der Waals surface area contributed by atoms with Crippen LogP contribution in [0.2, 0.25) is 0 Å². The lowest BCUT2D eigenvalue weighted by atomic mass is 9.51. The predicted molar refractivity (Wildman–Crippen MR) is 199 cm³/mol. The molecule has 0 saturated heterocycles. The van der Waals surface area contributed by atoms with E-state index in [-0.39, 0.29) is 0 Å². The van der Waals surface area contributed by atoms with Crippen molar-refractivity contribution in [3.8, 4) is 22.3 Å². The molecule has 0 radical (unpaired) electrons. The summed E-state index contributed by atoms with van der Waals surface area (Å²) in [5, 5.41) is 2.32. The summed E-state index contributed by atoms with van der Waals surface area (Å²) in [5.41, 5.74) is 11.8. The maximum absolute atomic E-state index is 6.39. The molecule has 2 nitrogen and oxygen atoms in total. The molecule has 6 aromatic carbocycles. The zero-order valence-electron chi connectivity index (χ0n) is 27.1. The lowest BCUT2D eigenvalue weighted by Gasteiger charge is -2.54. The Morgan fingerprint density at radius 1 is 0.417 bits per heavy atom. The Kier molecular flexibility index (Phi) is 6.57. The van der Waals surface area contributed by atoms with Gasteiger partial charge in [-0.1, -0.05) is 97.1 Å². The van der Waals surface area contributed by atoms with Crippen molar-refractivity contribution in [1.82, 2.24) is 0 Å². The highest BCUT2D eigenvalue weighted by Gasteiger charge is 2.48. The van der Waals surface area contributed by atoms with Crippen LogP contribution in [0.25, 0.3) is 44.2 Å². The van der Waals surface area contributed by atoms with Crippen molar-refractivity contribution < 1.29 is 4.42 Å². The number of benzene rings is 6. The first-order valence-electron chi connectivity index (χ1n) is 17.8. The number of hydrogen-bond acceptors (Lipinski definition) is 2. The molecule has 0 aliphatic heterocycles. The van der Waals surface area contributed by atoms with Gasteiger partial charge >= 0.3 is 0 Å².